The molecule has 15 heteroatoms. The molecule has 6 atom stereocenters. The molecule has 2 unspecified atom stereocenters. The fourth-order valence-electron chi connectivity index (χ4n) is 11.4. The van der Waals surface area contributed by atoms with Crippen molar-refractivity contribution in [2.24, 2.45) is 34.3 Å². The highest BCUT2D eigenvalue weighted by molar-refractivity contribution is 5.77. The molecule has 322 valence electrons. The average molecular weight is 821 g/mol. The third-order valence-corrected chi connectivity index (χ3v) is 13.1. The summed E-state index contributed by atoms with van der Waals surface area (Å²) < 4.78 is 38.3. The van der Waals surface area contributed by atoms with E-state index in [9.17, 15) is 19.2 Å². The number of nitrogens with zero attached hydrogens (tertiary/aromatic N) is 1. The molecule has 4 N–H and O–H groups in total. The summed E-state index contributed by atoms with van der Waals surface area (Å²) in [6.45, 7) is 6.53. The Morgan fingerprint density at radius 3 is 2.20 bits per heavy atom. The van der Waals surface area contributed by atoms with Gasteiger partial charge in [0.05, 0.1) is 33.9 Å². The summed E-state index contributed by atoms with van der Waals surface area (Å²) in [5, 5.41) is 6.08. The molecule has 2 aliphatic heterocycles. The van der Waals surface area contributed by atoms with E-state index in [1.165, 1.54) is 26.4 Å². The second-order valence-electron chi connectivity index (χ2n) is 18.3. The molecule has 2 amide bonds. The molecule has 15 nitrogen and oxygen atoms in total. The van der Waals surface area contributed by atoms with Crippen molar-refractivity contribution in [3.8, 4) is 23.0 Å². The summed E-state index contributed by atoms with van der Waals surface area (Å²) in [6, 6.07) is 9.72. The van der Waals surface area contributed by atoms with Crippen LogP contribution in [0.3, 0.4) is 0 Å². The van der Waals surface area contributed by atoms with Crippen LogP contribution < -0.4 is 35.3 Å². The lowest BCUT2D eigenvalue weighted by Gasteiger charge is -2.65. The van der Waals surface area contributed by atoms with E-state index in [4.69, 9.17) is 38.9 Å². The number of carbonyl (C=O) groups is 4. The lowest BCUT2D eigenvalue weighted by Crippen LogP contribution is -2.65. The van der Waals surface area contributed by atoms with Crippen LogP contribution in [0.15, 0.2) is 36.4 Å². The zero-order valence-corrected chi connectivity index (χ0v) is 35.0. The van der Waals surface area contributed by atoms with E-state index in [0.717, 1.165) is 30.4 Å². The lowest BCUT2D eigenvalue weighted by atomic mass is 9.43. The van der Waals surface area contributed by atoms with Crippen molar-refractivity contribution in [1.29, 1.82) is 0 Å². The molecule has 2 heterocycles. The highest BCUT2D eigenvalue weighted by Gasteiger charge is 2.60. The number of rotatable bonds is 16. The normalized spacial score (nSPS) is 30.0. The second-order valence-corrected chi connectivity index (χ2v) is 18.3. The molecule has 2 aromatic rings. The molecular formula is C44H60N4O11. The third-order valence-electron chi connectivity index (χ3n) is 13.1. The minimum absolute atomic E-state index is 0.0354. The van der Waals surface area contributed by atoms with Gasteiger partial charge in [-0.15, -0.1) is 0 Å². The lowest BCUT2D eigenvalue weighted by molar-refractivity contribution is -0.146. The summed E-state index contributed by atoms with van der Waals surface area (Å²) in [6.07, 6.45) is 7.14. The van der Waals surface area contributed by atoms with Gasteiger partial charge in [-0.3, -0.25) is 14.5 Å². The van der Waals surface area contributed by atoms with E-state index in [2.05, 4.69) is 29.4 Å². The molecule has 4 aliphatic carbocycles. The molecule has 0 spiro atoms. The number of cyclic esters (lactones) is 1. The van der Waals surface area contributed by atoms with Crippen LogP contribution in [-0.2, 0) is 36.6 Å². The zero-order chi connectivity index (χ0) is 42.0. The Labute approximate surface area is 346 Å². The number of nitrogens with one attached hydrogen (secondary N) is 2. The maximum absolute atomic E-state index is 12.9. The van der Waals surface area contributed by atoms with E-state index in [-0.39, 0.29) is 59.2 Å². The minimum Gasteiger partial charge on any atom is -0.493 e. The zero-order valence-electron chi connectivity index (χ0n) is 35.0. The fraction of sp³-hybridized carbons (Fsp3) is 0.636. The maximum atomic E-state index is 12.9. The smallest absolute Gasteiger partial charge is 0.412 e. The van der Waals surface area contributed by atoms with Crippen LogP contribution in [0, 0.1) is 28.6 Å². The number of benzene rings is 2. The van der Waals surface area contributed by atoms with Gasteiger partial charge in [-0.2, -0.15) is 0 Å². The van der Waals surface area contributed by atoms with Gasteiger partial charge < -0.3 is 49.5 Å². The number of carbonyl (C=O) groups excluding carboxylic acids is 4. The number of hydrogen-bond acceptors (Lipinski definition) is 13. The monoisotopic (exact) mass is 820 g/mol. The minimum atomic E-state index is -1.09. The molecule has 8 rings (SSSR count). The van der Waals surface area contributed by atoms with Crippen LogP contribution in [0.4, 0.5) is 9.59 Å². The first kappa shape index (κ1) is 42.4. The number of esters is 2. The Balaban J connectivity index is 0.809. The highest BCUT2D eigenvalue weighted by atomic mass is 16.6. The van der Waals surface area contributed by atoms with Crippen LogP contribution >= 0.6 is 0 Å². The van der Waals surface area contributed by atoms with Crippen LogP contribution in [0.1, 0.15) is 69.9 Å². The first-order chi connectivity index (χ1) is 28.2. The number of nitrogens with two attached hydrogens (primary N) is 1. The van der Waals surface area contributed by atoms with Crippen LogP contribution in [0.2, 0.25) is 0 Å². The number of alkyl carbamates (subject to hydrolysis) is 1. The Morgan fingerprint density at radius 1 is 0.864 bits per heavy atom. The van der Waals surface area contributed by atoms with Gasteiger partial charge in [0.1, 0.15) is 19.3 Å². The third kappa shape index (κ3) is 10.00. The van der Waals surface area contributed by atoms with Crippen molar-refractivity contribution in [2.45, 2.75) is 89.3 Å². The predicted octanol–water partition coefficient (Wildman–Crippen LogP) is 4.80. The highest BCUT2D eigenvalue weighted by Crippen LogP contribution is 2.66. The Kier molecular flexibility index (Phi) is 12.5. The summed E-state index contributed by atoms with van der Waals surface area (Å²) in [4.78, 5) is 53.3. The van der Waals surface area contributed by atoms with Gasteiger partial charge in [0.25, 0.3) is 0 Å². The number of methoxy groups -OCH3 is 3. The summed E-state index contributed by atoms with van der Waals surface area (Å²) in [5.74, 6) is 1.23. The van der Waals surface area contributed by atoms with Gasteiger partial charge in [0, 0.05) is 37.1 Å². The fourth-order valence-corrected chi connectivity index (χ4v) is 11.4. The molecule has 59 heavy (non-hydrogen) atoms. The molecular weight excluding hydrogens is 761 g/mol. The van der Waals surface area contributed by atoms with Crippen molar-refractivity contribution < 1.29 is 52.3 Å². The van der Waals surface area contributed by atoms with Gasteiger partial charge in [-0.1, -0.05) is 26.0 Å². The Morgan fingerprint density at radius 2 is 1.53 bits per heavy atom. The van der Waals surface area contributed by atoms with Gasteiger partial charge in [0.15, 0.2) is 23.0 Å². The predicted molar refractivity (Wildman–Crippen MR) is 215 cm³/mol. The largest absolute Gasteiger partial charge is 0.493 e. The van der Waals surface area contributed by atoms with Crippen molar-refractivity contribution in [3.05, 3.63) is 47.5 Å². The molecule has 4 bridgehead atoms. The number of hydrogen-bond donors (Lipinski definition) is 3. The van der Waals surface area contributed by atoms with E-state index in [1.807, 2.05) is 24.3 Å². The van der Waals surface area contributed by atoms with E-state index in [0.29, 0.717) is 68.7 Å². The van der Waals surface area contributed by atoms with Crippen LogP contribution in [0.5, 0.6) is 23.0 Å². The summed E-state index contributed by atoms with van der Waals surface area (Å²) in [7, 11) is 4.67. The van der Waals surface area contributed by atoms with E-state index >= 15 is 0 Å². The van der Waals surface area contributed by atoms with Crippen molar-refractivity contribution in [1.82, 2.24) is 15.5 Å². The topological polar surface area (TPSA) is 186 Å². The van der Waals surface area contributed by atoms with E-state index in [1.54, 1.807) is 26.4 Å². The molecule has 6 fully saturated rings. The first-order valence-corrected chi connectivity index (χ1v) is 20.8. The first-order valence-electron chi connectivity index (χ1n) is 20.8. The number of likely N-dealkylation sites (tertiary alicyclic amines) is 1. The Bertz CT molecular complexity index is 1870. The van der Waals surface area contributed by atoms with Gasteiger partial charge in [-0.25, -0.2) is 9.59 Å². The molecule has 2 aromatic carbocycles. The summed E-state index contributed by atoms with van der Waals surface area (Å²) >= 11 is 0. The molecule has 6 aliphatic rings. The molecule has 0 aromatic heterocycles. The van der Waals surface area contributed by atoms with Crippen molar-refractivity contribution in [3.63, 3.8) is 0 Å². The standard InChI is InChI=1S/C44H60N4O11/c1-42-18-29-19-43(2,24-42)26-44(20-29,25-42)47-41(52)58-23-33(45)39(50)56-13-12-48-11-10-31(21-48)46-40(51)59-35-9-7-28(17-37(35)55-5)15-32-30(22-57-38(32)49)14-27-6-8-34(53-3)36(16-27)54-4/h6-9,16-17,29-33H,10-15,18-26,45H2,1-5H3,(H,46,51)(H,47,52)/t29?,30-,31-,32+,33-,42?,43?,44?/m0/s1. The Hall–Kier alpha value is -4.76. The SMILES string of the molecule is COc1ccc(C[C@H]2COC(=O)[C@@H]2Cc2ccc(OC(=O)N[C@H]3CCN(CCOC(=O)[C@@H](N)COC(=O)NC45CC6CC(C)(CC(C)(C6)C4)C5)C3)c(OC)c2)cc1OC. The van der Waals surface area contributed by atoms with Crippen molar-refractivity contribution in [2.75, 3.05) is 60.8 Å². The quantitative estimate of drug-likeness (QED) is 0.155. The average Bonchev–Trinajstić information content (AvgIpc) is 3.76. The molecule has 4 saturated carbocycles. The second kappa shape index (κ2) is 17.5. The van der Waals surface area contributed by atoms with Gasteiger partial charge >= 0.3 is 24.1 Å². The molecule has 2 saturated heterocycles. The molecule has 0 radical (unpaired) electrons. The van der Waals surface area contributed by atoms with Crippen LogP contribution in [-0.4, -0.2) is 107 Å². The maximum Gasteiger partial charge on any atom is 0.412 e. The van der Waals surface area contributed by atoms with Crippen LogP contribution in [0.25, 0.3) is 0 Å². The van der Waals surface area contributed by atoms with Crippen molar-refractivity contribution >= 4 is 24.1 Å². The van der Waals surface area contributed by atoms with Gasteiger partial charge in [0.2, 0.25) is 0 Å². The van der Waals surface area contributed by atoms with E-state index < -0.39 is 24.2 Å². The summed E-state index contributed by atoms with van der Waals surface area (Å²) in [5.41, 5.74) is 8.13. The van der Waals surface area contributed by atoms with Gasteiger partial charge in [-0.05, 0) is 110 Å². The number of ether oxygens (including phenoxy) is 7. The number of amides is 2.